The lowest BCUT2D eigenvalue weighted by Crippen LogP contribution is -2.07. The molecule has 1 heteroatoms. The van der Waals surface area contributed by atoms with E-state index in [0.717, 1.165) is 22.9 Å². The highest BCUT2D eigenvalue weighted by molar-refractivity contribution is 9.11. The van der Waals surface area contributed by atoms with Gasteiger partial charge in [0.15, 0.2) is 0 Å². The van der Waals surface area contributed by atoms with Gasteiger partial charge in [-0.2, -0.15) is 0 Å². The lowest BCUT2D eigenvalue weighted by atomic mass is 9.88. The molecule has 0 aliphatic heterocycles. The molecule has 0 unspecified atom stereocenters. The van der Waals surface area contributed by atoms with Gasteiger partial charge in [-0.15, -0.1) is 0 Å². The molecule has 0 saturated carbocycles. The molecule has 1 aromatic carbocycles. The second-order valence-electron chi connectivity index (χ2n) is 4.52. The summed E-state index contributed by atoms with van der Waals surface area (Å²) in [5.74, 6) is 6.53. The fraction of sp³-hybridized carbons (Fsp3) is 0.333. The van der Waals surface area contributed by atoms with Crippen molar-refractivity contribution < 1.29 is 0 Å². The maximum absolute atomic E-state index is 3.84. The van der Waals surface area contributed by atoms with Crippen molar-refractivity contribution in [3.05, 3.63) is 47.0 Å². The normalized spacial score (nSPS) is 10.4. The van der Waals surface area contributed by atoms with Gasteiger partial charge >= 0.3 is 0 Å². The highest BCUT2D eigenvalue weighted by atomic mass is 79.9. The van der Waals surface area contributed by atoms with E-state index in [2.05, 4.69) is 48.2 Å². The minimum Gasteiger partial charge on any atom is -0.0917 e. The van der Waals surface area contributed by atoms with Crippen LogP contribution in [0.25, 0.3) is 0 Å². The Kier molecular flexibility index (Phi) is 4.83. The van der Waals surface area contributed by atoms with Crippen molar-refractivity contribution in [2.75, 3.05) is 0 Å². The average molecular weight is 277 g/mol. The Hall–Kier alpha value is -1.00. The summed E-state index contributed by atoms with van der Waals surface area (Å²) in [7, 11) is 0. The summed E-state index contributed by atoms with van der Waals surface area (Å²) in [6.45, 7) is 8.18. The molecule has 84 valence electrons. The van der Waals surface area contributed by atoms with E-state index in [4.69, 9.17) is 0 Å². The predicted octanol–water partition coefficient (Wildman–Crippen LogP) is 4.75. The second-order valence-corrected chi connectivity index (χ2v) is 5.64. The molecule has 0 heterocycles. The quantitative estimate of drug-likeness (QED) is 0.699. The van der Waals surface area contributed by atoms with E-state index in [0.29, 0.717) is 0 Å². The Labute approximate surface area is 107 Å². The van der Waals surface area contributed by atoms with E-state index in [-0.39, 0.29) is 5.41 Å². The Morgan fingerprint density at radius 2 is 1.94 bits per heavy atom. The minimum absolute atomic E-state index is 0.0343. The van der Waals surface area contributed by atoms with Crippen LogP contribution in [0.2, 0.25) is 0 Å². The van der Waals surface area contributed by atoms with Gasteiger partial charge in [0, 0.05) is 11.0 Å². The first-order valence-corrected chi connectivity index (χ1v) is 6.20. The molecule has 0 bridgehead atoms. The summed E-state index contributed by atoms with van der Waals surface area (Å²) in [5.41, 5.74) is 1.11. The van der Waals surface area contributed by atoms with Crippen molar-refractivity contribution in [1.82, 2.24) is 0 Å². The van der Waals surface area contributed by atoms with Gasteiger partial charge in [-0.05, 0) is 43.3 Å². The number of benzene rings is 1. The maximum atomic E-state index is 3.84. The fourth-order valence-electron chi connectivity index (χ4n) is 1.27. The molecule has 0 atom stereocenters. The molecule has 0 amide bonds. The van der Waals surface area contributed by atoms with Crippen LogP contribution in [0, 0.1) is 17.3 Å². The van der Waals surface area contributed by atoms with E-state index in [1.165, 1.54) is 0 Å². The van der Waals surface area contributed by atoms with Crippen molar-refractivity contribution in [2.24, 2.45) is 5.41 Å². The van der Waals surface area contributed by atoms with Gasteiger partial charge in [-0.25, -0.2) is 0 Å². The summed E-state index contributed by atoms with van der Waals surface area (Å²) < 4.78 is 1.04. The van der Waals surface area contributed by atoms with Crippen LogP contribution in [0.5, 0.6) is 0 Å². The van der Waals surface area contributed by atoms with Crippen LogP contribution in [-0.2, 0) is 0 Å². The zero-order chi connectivity index (χ0) is 12.0. The lowest BCUT2D eigenvalue weighted by molar-refractivity contribution is 0.462. The van der Waals surface area contributed by atoms with Crippen molar-refractivity contribution >= 4 is 15.9 Å². The summed E-state index contributed by atoms with van der Waals surface area (Å²) in [6, 6.07) is 10.1. The number of hydrogen-bond donors (Lipinski definition) is 0. The van der Waals surface area contributed by atoms with Gasteiger partial charge in [-0.3, -0.25) is 0 Å². The van der Waals surface area contributed by atoms with Crippen LogP contribution in [-0.4, -0.2) is 0 Å². The number of halogens is 1. The largest absolute Gasteiger partial charge is 0.0917 e. The van der Waals surface area contributed by atoms with Crippen molar-refractivity contribution in [2.45, 2.75) is 26.7 Å². The third kappa shape index (κ3) is 5.19. The molecule has 0 radical (unpaired) electrons. The first-order valence-electron chi connectivity index (χ1n) is 5.41. The van der Waals surface area contributed by atoms with Gasteiger partial charge in [0.25, 0.3) is 0 Å². The van der Waals surface area contributed by atoms with Gasteiger partial charge < -0.3 is 0 Å². The number of allylic oxidation sites excluding steroid dienone is 1. The second kappa shape index (κ2) is 5.92. The van der Waals surface area contributed by atoms with Crippen molar-refractivity contribution in [3.63, 3.8) is 0 Å². The van der Waals surface area contributed by atoms with Crippen molar-refractivity contribution in [1.29, 1.82) is 0 Å². The van der Waals surface area contributed by atoms with E-state index >= 15 is 0 Å². The molecular weight excluding hydrogens is 260 g/mol. The average Bonchev–Trinajstić information content (AvgIpc) is 2.26. The highest BCUT2D eigenvalue weighted by Crippen LogP contribution is 2.25. The molecule has 0 aliphatic rings. The molecule has 0 aliphatic carbocycles. The molecule has 16 heavy (non-hydrogen) atoms. The molecule has 0 aromatic heterocycles. The van der Waals surface area contributed by atoms with E-state index in [9.17, 15) is 0 Å². The van der Waals surface area contributed by atoms with Crippen LogP contribution in [0.4, 0.5) is 0 Å². The van der Waals surface area contributed by atoms with Gasteiger partial charge in [-0.1, -0.05) is 52.5 Å². The van der Waals surface area contributed by atoms with Crippen molar-refractivity contribution in [3.8, 4) is 11.8 Å². The summed E-state index contributed by atoms with van der Waals surface area (Å²) >= 11 is 3.38. The van der Waals surface area contributed by atoms with Crippen LogP contribution in [0.15, 0.2) is 41.4 Å². The van der Waals surface area contributed by atoms with Crippen LogP contribution in [0.1, 0.15) is 32.3 Å². The molecule has 1 rings (SSSR count). The van der Waals surface area contributed by atoms with E-state index in [1.807, 2.05) is 30.3 Å². The lowest BCUT2D eigenvalue weighted by Gasteiger charge is -2.16. The van der Waals surface area contributed by atoms with Gasteiger partial charge in [0.05, 0.1) is 0 Å². The minimum atomic E-state index is 0.0343. The fourth-order valence-corrected chi connectivity index (χ4v) is 1.47. The molecule has 0 spiro atoms. The Morgan fingerprint density at radius 3 is 2.50 bits per heavy atom. The third-order valence-corrected chi connectivity index (χ3v) is 2.74. The summed E-state index contributed by atoms with van der Waals surface area (Å²) in [6.07, 6.45) is 1.99. The Balaban J connectivity index is 2.65. The third-order valence-electron chi connectivity index (χ3n) is 2.34. The van der Waals surface area contributed by atoms with E-state index in [1.54, 1.807) is 0 Å². The van der Waals surface area contributed by atoms with Crippen LogP contribution >= 0.6 is 15.9 Å². The standard InChI is InChI=1S/C15H17Br/c1-13(16)9-11-15(2,3)12-10-14-7-5-4-6-8-14/h4-8H,1,9,11H2,2-3H3. The molecule has 0 fully saturated rings. The zero-order valence-electron chi connectivity index (χ0n) is 9.89. The number of rotatable bonds is 3. The predicted molar refractivity (Wildman–Crippen MR) is 74.4 cm³/mol. The summed E-state index contributed by atoms with van der Waals surface area (Å²) in [5, 5.41) is 0. The molecule has 1 aromatic rings. The Bertz CT molecular complexity index is 404. The molecule has 0 N–H and O–H groups in total. The number of hydrogen-bond acceptors (Lipinski definition) is 0. The SMILES string of the molecule is C=C(Br)CCC(C)(C)C#Cc1ccccc1. The van der Waals surface area contributed by atoms with Gasteiger partial charge in [0.2, 0.25) is 0 Å². The molecule has 0 saturated heterocycles. The first-order chi connectivity index (χ1) is 7.49. The first kappa shape index (κ1) is 13.1. The Morgan fingerprint density at radius 1 is 1.31 bits per heavy atom. The summed E-state index contributed by atoms with van der Waals surface area (Å²) in [4.78, 5) is 0. The van der Waals surface area contributed by atoms with Crippen LogP contribution < -0.4 is 0 Å². The molecular formula is C15H17Br. The maximum Gasteiger partial charge on any atom is 0.0265 e. The van der Waals surface area contributed by atoms with E-state index < -0.39 is 0 Å². The van der Waals surface area contributed by atoms with Crippen LogP contribution in [0.3, 0.4) is 0 Å². The van der Waals surface area contributed by atoms with Gasteiger partial charge in [0.1, 0.15) is 0 Å². The molecule has 0 nitrogen and oxygen atoms in total. The topological polar surface area (TPSA) is 0 Å². The highest BCUT2D eigenvalue weighted by Gasteiger charge is 2.13. The smallest absolute Gasteiger partial charge is 0.0265 e. The monoisotopic (exact) mass is 276 g/mol. The zero-order valence-corrected chi connectivity index (χ0v) is 11.5.